The summed E-state index contributed by atoms with van der Waals surface area (Å²) < 4.78 is 5.11. The summed E-state index contributed by atoms with van der Waals surface area (Å²) in [6.45, 7) is 1.89. The van der Waals surface area contributed by atoms with Crippen molar-refractivity contribution in [3.8, 4) is 5.75 Å². The molecular formula is C17H20N2O2S. The van der Waals surface area contributed by atoms with Gasteiger partial charge in [0, 0.05) is 5.69 Å². The van der Waals surface area contributed by atoms with Gasteiger partial charge >= 0.3 is 0 Å². The molecule has 22 heavy (non-hydrogen) atoms. The molecule has 3 N–H and O–H groups in total. The molecule has 0 fully saturated rings. The maximum Gasteiger partial charge on any atom is 0.171 e. The van der Waals surface area contributed by atoms with Gasteiger partial charge in [-0.15, -0.1) is 0 Å². The highest BCUT2D eigenvalue weighted by molar-refractivity contribution is 7.80. The summed E-state index contributed by atoms with van der Waals surface area (Å²) in [5.41, 5.74) is 1.72. The van der Waals surface area contributed by atoms with E-state index in [0.29, 0.717) is 5.11 Å². The van der Waals surface area contributed by atoms with Crippen LogP contribution in [0.1, 0.15) is 18.6 Å². The van der Waals surface area contributed by atoms with E-state index in [4.69, 9.17) is 17.0 Å². The van der Waals surface area contributed by atoms with Gasteiger partial charge in [-0.05, 0) is 49.0 Å². The van der Waals surface area contributed by atoms with Crippen LogP contribution in [0.4, 0.5) is 5.69 Å². The van der Waals surface area contributed by atoms with Crippen LogP contribution in [0.2, 0.25) is 0 Å². The van der Waals surface area contributed by atoms with Crippen LogP contribution < -0.4 is 15.4 Å². The molecule has 0 aromatic heterocycles. The van der Waals surface area contributed by atoms with Crippen molar-refractivity contribution < 1.29 is 9.84 Å². The number of methoxy groups -OCH3 is 1. The van der Waals surface area contributed by atoms with E-state index in [-0.39, 0.29) is 6.04 Å². The lowest BCUT2D eigenvalue weighted by molar-refractivity contribution is 0.145. The number of ether oxygens (including phenoxy) is 1. The molecule has 0 heterocycles. The van der Waals surface area contributed by atoms with E-state index in [1.165, 1.54) is 0 Å². The van der Waals surface area contributed by atoms with Crippen LogP contribution in [0, 0.1) is 0 Å². The molecule has 2 rings (SSSR count). The third-order valence-corrected chi connectivity index (χ3v) is 3.54. The largest absolute Gasteiger partial charge is 0.497 e. The Morgan fingerprint density at radius 2 is 1.73 bits per heavy atom. The van der Waals surface area contributed by atoms with E-state index >= 15 is 0 Å². The molecule has 2 aromatic carbocycles. The normalized spacial score (nSPS) is 13.0. The van der Waals surface area contributed by atoms with Crippen molar-refractivity contribution in [3.05, 3.63) is 60.2 Å². The third kappa shape index (κ3) is 4.44. The van der Waals surface area contributed by atoms with Gasteiger partial charge in [0.05, 0.1) is 19.3 Å². The fraction of sp³-hybridized carbons (Fsp3) is 0.235. The summed E-state index contributed by atoms with van der Waals surface area (Å²) >= 11 is 5.28. The van der Waals surface area contributed by atoms with E-state index in [9.17, 15) is 5.11 Å². The van der Waals surface area contributed by atoms with Crippen molar-refractivity contribution in [2.24, 2.45) is 0 Å². The predicted octanol–water partition coefficient (Wildman–Crippen LogP) is 3.10. The van der Waals surface area contributed by atoms with E-state index in [2.05, 4.69) is 10.6 Å². The molecule has 0 bridgehead atoms. The van der Waals surface area contributed by atoms with Crippen LogP contribution in [0.25, 0.3) is 0 Å². The van der Waals surface area contributed by atoms with Crippen molar-refractivity contribution in [1.82, 2.24) is 5.32 Å². The Morgan fingerprint density at radius 1 is 1.09 bits per heavy atom. The van der Waals surface area contributed by atoms with Crippen LogP contribution in [-0.4, -0.2) is 23.4 Å². The van der Waals surface area contributed by atoms with Gasteiger partial charge in [-0.2, -0.15) is 0 Å². The van der Waals surface area contributed by atoms with E-state index in [0.717, 1.165) is 17.0 Å². The fourth-order valence-corrected chi connectivity index (χ4v) is 2.37. The predicted molar refractivity (Wildman–Crippen MR) is 93.2 cm³/mol. The van der Waals surface area contributed by atoms with Gasteiger partial charge in [0.15, 0.2) is 5.11 Å². The summed E-state index contributed by atoms with van der Waals surface area (Å²) in [5.74, 6) is 0.789. The van der Waals surface area contributed by atoms with Gasteiger partial charge in [0.1, 0.15) is 5.75 Å². The molecule has 0 amide bonds. The molecule has 2 aromatic rings. The van der Waals surface area contributed by atoms with Crippen LogP contribution >= 0.6 is 12.2 Å². The van der Waals surface area contributed by atoms with Crippen molar-refractivity contribution in [2.75, 3.05) is 12.4 Å². The van der Waals surface area contributed by atoms with Gasteiger partial charge in [-0.25, -0.2) is 0 Å². The lowest BCUT2D eigenvalue weighted by atomic mass is 10.0. The van der Waals surface area contributed by atoms with Gasteiger partial charge in [0.2, 0.25) is 0 Å². The third-order valence-electron chi connectivity index (χ3n) is 3.32. The minimum Gasteiger partial charge on any atom is -0.497 e. The first-order chi connectivity index (χ1) is 10.6. The van der Waals surface area contributed by atoms with Crippen LogP contribution in [-0.2, 0) is 0 Å². The molecule has 116 valence electrons. The lowest BCUT2D eigenvalue weighted by Crippen LogP contribution is -2.39. The molecule has 0 radical (unpaired) electrons. The SMILES string of the molecule is COc1ccc(NC(=S)NC(C)C(O)c2ccccc2)cc1. The standard InChI is InChI=1S/C17H20N2O2S/c1-12(16(20)13-6-4-3-5-7-13)18-17(22)19-14-8-10-15(21-2)11-9-14/h3-12,16,20H,1-2H3,(H2,18,19,22). The number of aliphatic hydroxyl groups is 1. The van der Waals surface area contributed by atoms with Crippen molar-refractivity contribution in [2.45, 2.75) is 19.1 Å². The summed E-state index contributed by atoms with van der Waals surface area (Å²) in [5, 5.41) is 16.9. The second kappa shape index (κ2) is 7.77. The maximum atomic E-state index is 10.3. The quantitative estimate of drug-likeness (QED) is 0.740. The monoisotopic (exact) mass is 316 g/mol. The molecular weight excluding hydrogens is 296 g/mol. The molecule has 0 aliphatic rings. The van der Waals surface area contributed by atoms with Crippen LogP contribution in [0.5, 0.6) is 5.75 Å². The Morgan fingerprint density at radius 3 is 2.32 bits per heavy atom. The van der Waals surface area contributed by atoms with Crippen molar-refractivity contribution in [1.29, 1.82) is 0 Å². The van der Waals surface area contributed by atoms with Gasteiger partial charge in [-0.3, -0.25) is 0 Å². The number of aliphatic hydroxyl groups excluding tert-OH is 1. The van der Waals surface area contributed by atoms with Crippen LogP contribution in [0.15, 0.2) is 54.6 Å². The van der Waals surface area contributed by atoms with Crippen molar-refractivity contribution in [3.63, 3.8) is 0 Å². The highest BCUT2D eigenvalue weighted by Gasteiger charge is 2.16. The zero-order valence-electron chi connectivity index (χ0n) is 12.6. The average molecular weight is 316 g/mol. The van der Waals surface area contributed by atoms with Crippen LogP contribution in [0.3, 0.4) is 0 Å². The molecule has 4 nitrogen and oxygen atoms in total. The molecule has 0 aliphatic carbocycles. The van der Waals surface area contributed by atoms with Crippen molar-refractivity contribution >= 4 is 23.0 Å². The molecule has 2 atom stereocenters. The second-order valence-corrected chi connectivity index (χ2v) is 5.38. The van der Waals surface area contributed by atoms with Gasteiger partial charge in [0.25, 0.3) is 0 Å². The van der Waals surface area contributed by atoms with Gasteiger partial charge in [-0.1, -0.05) is 30.3 Å². The minimum atomic E-state index is -0.628. The number of rotatable bonds is 5. The minimum absolute atomic E-state index is 0.208. The number of thiocarbonyl (C=S) groups is 1. The zero-order chi connectivity index (χ0) is 15.9. The highest BCUT2D eigenvalue weighted by Crippen LogP contribution is 2.17. The Labute approximate surface area is 136 Å². The zero-order valence-corrected chi connectivity index (χ0v) is 13.4. The molecule has 0 saturated heterocycles. The van der Waals surface area contributed by atoms with Gasteiger partial charge < -0.3 is 20.5 Å². The first-order valence-corrected chi connectivity index (χ1v) is 7.45. The number of benzene rings is 2. The first-order valence-electron chi connectivity index (χ1n) is 7.04. The number of anilines is 1. The Hall–Kier alpha value is -2.11. The first kappa shape index (κ1) is 16.3. The Bertz CT molecular complexity index is 602. The van der Waals surface area contributed by atoms with E-state index in [1.54, 1.807) is 7.11 Å². The second-order valence-electron chi connectivity index (χ2n) is 4.97. The molecule has 5 heteroatoms. The van der Waals surface area contributed by atoms with E-state index < -0.39 is 6.10 Å². The summed E-state index contributed by atoms with van der Waals surface area (Å²) in [6, 6.07) is 16.8. The number of hydrogen-bond donors (Lipinski definition) is 3. The molecule has 0 saturated carbocycles. The summed E-state index contributed by atoms with van der Waals surface area (Å²) in [6.07, 6.45) is -0.628. The topological polar surface area (TPSA) is 53.5 Å². The maximum absolute atomic E-state index is 10.3. The highest BCUT2D eigenvalue weighted by atomic mass is 32.1. The van der Waals surface area contributed by atoms with E-state index in [1.807, 2.05) is 61.5 Å². The summed E-state index contributed by atoms with van der Waals surface area (Å²) in [4.78, 5) is 0. The molecule has 0 aliphatic heterocycles. The Kier molecular flexibility index (Phi) is 5.75. The summed E-state index contributed by atoms with van der Waals surface area (Å²) in [7, 11) is 1.63. The number of nitrogens with one attached hydrogen (secondary N) is 2. The lowest BCUT2D eigenvalue weighted by Gasteiger charge is -2.22. The Balaban J connectivity index is 1.90. The molecule has 0 spiro atoms. The smallest absolute Gasteiger partial charge is 0.171 e. The fourth-order valence-electron chi connectivity index (χ4n) is 2.07. The molecule has 2 unspecified atom stereocenters. The number of hydrogen-bond acceptors (Lipinski definition) is 3. The average Bonchev–Trinajstić information content (AvgIpc) is 2.55.